The predicted molar refractivity (Wildman–Crippen MR) is 126 cm³/mol. The van der Waals surface area contributed by atoms with Gasteiger partial charge >= 0.3 is 0 Å². The van der Waals surface area contributed by atoms with Crippen molar-refractivity contribution in [2.24, 2.45) is 5.92 Å². The molecule has 3 rings (SSSR count). The van der Waals surface area contributed by atoms with Gasteiger partial charge < -0.3 is 15.1 Å². The third kappa shape index (κ3) is 6.59. The highest BCUT2D eigenvalue weighted by atomic mass is 35.5. The molecule has 0 unspecified atom stereocenters. The monoisotopic (exact) mass is 438 g/mol. The Morgan fingerprint density at radius 2 is 1.76 bits per heavy atom. The normalized spacial score (nSPS) is 14.0. The molecule has 29 heavy (non-hydrogen) atoms. The van der Waals surface area contributed by atoms with Crippen LogP contribution in [0.3, 0.4) is 0 Å². The van der Waals surface area contributed by atoms with E-state index in [0.717, 1.165) is 55.8 Å². The molecule has 160 valence electrons. The van der Waals surface area contributed by atoms with Crippen LogP contribution in [0.1, 0.15) is 30.1 Å². The molecular formula is C22H32Cl2N4O. The Labute approximate surface area is 186 Å². The Morgan fingerprint density at radius 1 is 1.10 bits per heavy atom. The maximum Gasteiger partial charge on any atom is 0.255 e. The lowest BCUT2D eigenvalue weighted by Crippen LogP contribution is -2.40. The molecule has 0 aliphatic carbocycles. The molecule has 1 fully saturated rings. The van der Waals surface area contributed by atoms with Crippen molar-refractivity contribution >= 4 is 36.4 Å². The number of carbonyl (C=O) groups excluding carboxylic acids is 1. The number of nitrogens with one attached hydrogen (secondary N) is 1. The molecule has 5 nitrogen and oxygen atoms in total. The van der Waals surface area contributed by atoms with Crippen LogP contribution in [-0.2, 0) is 0 Å². The lowest BCUT2D eigenvalue weighted by Gasteiger charge is -2.32. The van der Waals surface area contributed by atoms with Crippen molar-refractivity contribution in [2.45, 2.75) is 19.8 Å². The fourth-order valence-corrected chi connectivity index (χ4v) is 3.54. The fraction of sp³-hybridized carbons (Fsp3) is 0.455. The number of pyridine rings is 1. The molecule has 1 aliphatic heterocycles. The summed E-state index contributed by atoms with van der Waals surface area (Å²) in [4.78, 5) is 21.3. The average Bonchev–Trinajstić information content (AvgIpc) is 2.72. The van der Waals surface area contributed by atoms with Crippen LogP contribution in [0.2, 0.25) is 0 Å². The summed E-state index contributed by atoms with van der Waals surface area (Å²) in [6.07, 6.45) is 5.64. The van der Waals surface area contributed by atoms with E-state index >= 15 is 0 Å². The number of halogens is 2. The van der Waals surface area contributed by atoms with E-state index in [-0.39, 0.29) is 30.7 Å². The zero-order valence-corrected chi connectivity index (χ0v) is 19.1. The van der Waals surface area contributed by atoms with Gasteiger partial charge in [0.25, 0.3) is 5.91 Å². The SMILES string of the molecule is CCNCC1CCN(C(=O)c2cncc(-c3ccc(N(C)C)cc3)c2)CC1.Cl.Cl. The molecule has 0 spiro atoms. The van der Waals surface area contributed by atoms with E-state index in [2.05, 4.69) is 46.4 Å². The molecule has 2 heterocycles. The molecule has 0 atom stereocenters. The first kappa shape index (κ1) is 25.2. The second kappa shape index (κ2) is 12.0. The van der Waals surface area contributed by atoms with Crippen molar-refractivity contribution in [3.63, 3.8) is 0 Å². The minimum absolute atomic E-state index is 0. The van der Waals surface area contributed by atoms with E-state index in [1.54, 1.807) is 6.20 Å². The smallest absolute Gasteiger partial charge is 0.255 e. The maximum absolute atomic E-state index is 12.9. The Balaban J connectivity index is 0.00000210. The summed E-state index contributed by atoms with van der Waals surface area (Å²) in [5, 5.41) is 3.41. The summed E-state index contributed by atoms with van der Waals surface area (Å²) >= 11 is 0. The van der Waals surface area contributed by atoms with E-state index in [1.165, 1.54) is 0 Å². The lowest BCUT2D eigenvalue weighted by molar-refractivity contribution is 0.0690. The molecule has 0 bridgehead atoms. The molecule has 1 aromatic heterocycles. The van der Waals surface area contributed by atoms with Gasteiger partial charge in [-0.3, -0.25) is 9.78 Å². The standard InChI is InChI=1S/C22H30N4O.2ClH/c1-4-23-14-17-9-11-26(12-10-17)22(27)20-13-19(15-24-16-20)18-5-7-21(8-6-18)25(2)3;;/h5-8,13,15-17,23H,4,9-12,14H2,1-3H3;2*1H. The predicted octanol–water partition coefficient (Wildman–Crippen LogP) is 4.12. The van der Waals surface area contributed by atoms with E-state index in [4.69, 9.17) is 0 Å². The first-order valence-corrected chi connectivity index (χ1v) is 9.81. The van der Waals surface area contributed by atoms with Crippen LogP contribution in [0.25, 0.3) is 11.1 Å². The number of hydrogen-bond donors (Lipinski definition) is 1. The van der Waals surface area contributed by atoms with E-state index in [1.807, 2.05) is 31.3 Å². The largest absolute Gasteiger partial charge is 0.378 e. The second-order valence-corrected chi connectivity index (χ2v) is 7.45. The number of aromatic nitrogens is 1. The number of rotatable bonds is 6. The molecule has 1 aliphatic rings. The summed E-state index contributed by atoms with van der Waals surface area (Å²) in [6, 6.07) is 10.3. The molecular weight excluding hydrogens is 407 g/mol. The highest BCUT2D eigenvalue weighted by Crippen LogP contribution is 2.24. The third-order valence-corrected chi connectivity index (χ3v) is 5.29. The lowest BCUT2D eigenvalue weighted by atomic mass is 9.96. The molecule has 7 heteroatoms. The highest BCUT2D eigenvalue weighted by Gasteiger charge is 2.23. The Hall–Kier alpha value is -1.82. The van der Waals surface area contributed by atoms with Gasteiger partial charge in [-0.15, -0.1) is 24.8 Å². The van der Waals surface area contributed by atoms with E-state index < -0.39 is 0 Å². The maximum atomic E-state index is 12.9. The number of nitrogens with zero attached hydrogens (tertiary/aromatic N) is 3. The van der Waals surface area contributed by atoms with Crippen molar-refractivity contribution in [1.29, 1.82) is 0 Å². The van der Waals surface area contributed by atoms with Crippen LogP contribution < -0.4 is 10.2 Å². The number of carbonyl (C=O) groups is 1. The number of likely N-dealkylation sites (tertiary alicyclic amines) is 1. The topological polar surface area (TPSA) is 48.5 Å². The van der Waals surface area contributed by atoms with Crippen LogP contribution in [-0.4, -0.2) is 56.1 Å². The molecule has 1 saturated heterocycles. The summed E-state index contributed by atoms with van der Waals surface area (Å²) in [5.41, 5.74) is 3.88. The van der Waals surface area contributed by atoms with Gasteiger partial charge in [0.15, 0.2) is 0 Å². The number of benzene rings is 1. The van der Waals surface area contributed by atoms with E-state index in [0.29, 0.717) is 11.5 Å². The second-order valence-electron chi connectivity index (χ2n) is 7.45. The van der Waals surface area contributed by atoms with Crippen LogP contribution in [0.5, 0.6) is 0 Å². The zero-order valence-electron chi connectivity index (χ0n) is 17.4. The molecule has 0 radical (unpaired) electrons. The van der Waals surface area contributed by atoms with Gasteiger partial charge in [-0.25, -0.2) is 0 Å². The third-order valence-electron chi connectivity index (χ3n) is 5.29. The highest BCUT2D eigenvalue weighted by molar-refractivity contribution is 5.95. The van der Waals surface area contributed by atoms with Crippen LogP contribution in [0.15, 0.2) is 42.7 Å². The van der Waals surface area contributed by atoms with Crippen molar-refractivity contribution in [2.75, 3.05) is 45.2 Å². The van der Waals surface area contributed by atoms with Gasteiger partial charge in [0, 0.05) is 50.8 Å². The molecule has 2 aromatic rings. The summed E-state index contributed by atoms with van der Waals surface area (Å²) in [7, 11) is 4.05. The molecule has 1 amide bonds. The van der Waals surface area contributed by atoms with Crippen LogP contribution >= 0.6 is 24.8 Å². The summed E-state index contributed by atoms with van der Waals surface area (Å²) in [5.74, 6) is 0.768. The number of piperidine rings is 1. The van der Waals surface area contributed by atoms with Crippen molar-refractivity contribution < 1.29 is 4.79 Å². The van der Waals surface area contributed by atoms with Crippen molar-refractivity contribution in [1.82, 2.24) is 15.2 Å². The van der Waals surface area contributed by atoms with Crippen LogP contribution in [0.4, 0.5) is 5.69 Å². The van der Waals surface area contributed by atoms with Gasteiger partial charge in [-0.05, 0) is 55.6 Å². The minimum atomic E-state index is 0. The first-order valence-electron chi connectivity index (χ1n) is 9.81. The molecule has 1 aromatic carbocycles. The Bertz CT molecular complexity index is 760. The number of amides is 1. The summed E-state index contributed by atoms with van der Waals surface area (Å²) in [6.45, 7) is 5.85. The van der Waals surface area contributed by atoms with Gasteiger partial charge in [0.05, 0.1) is 5.56 Å². The van der Waals surface area contributed by atoms with Crippen molar-refractivity contribution in [3.05, 3.63) is 48.3 Å². The minimum Gasteiger partial charge on any atom is -0.378 e. The first-order chi connectivity index (χ1) is 13.1. The quantitative estimate of drug-likeness (QED) is 0.736. The van der Waals surface area contributed by atoms with Gasteiger partial charge in [0.1, 0.15) is 0 Å². The molecule has 1 N–H and O–H groups in total. The van der Waals surface area contributed by atoms with E-state index in [9.17, 15) is 4.79 Å². The Kier molecular flexibility index (Phi) is 10.4. The zero-order chi connectivity index (χ0) is 19.2. The Morgan fingerprint density at radius 3 is 2.34 bits per heavy atom. The van der Waals surface area contributed by atoms with Crippen molar-refractivity contribution in [3.8, 4) is 11.1 Å². The van der Waals surface area contributed by atoms with Gasteiger partial charge in [-0.2, -0.15) is 0 Å². The average molecular weight is 439 g/mol. The number of hydrogen-bond acceptors (Lipinski definition) is 4. The summed E-state index contributed by atoms with van der Waals surface area (Å²) < 4.78 is 0. The van der Waals surface area contributed by atoms with Gasteiger partial charge in [-0.1, -0.05) is 19.1 Å². The van der Waals surface area contributed by atoms with Gasteiger partial charge in [0.2, 0.25) is 0 Å². The fourth-order valence-electron chi connectivity index (χ4n) is 3.54. The van der Waals surface area contributed by atoms with Crippen LogP contribution in [0, 0.1) is 5.92 Å². The number of anilines is 1. The molecule has 0 saturated carbocycles.